The molecule has 1 saturated carbocycles. The Morgan fingerprint density at radius 2 is 1.78 bits per heavy atom. The molecule has 1 aliphatic carbocycles. The molecule has 5 heteroatoms. The van der Waals surface area contributed by atoms with Gasteiger partial charge in [0.15, 0.2) is 0 Å². The first-order valence-electron chi connectivity index (χ1n) is 8.73. The lowest BCUT2D eigenvalue weighted by molar-refractivity contribution is 0.131. The standard InChI is InChI=1S/C18H26FN3O/c19-17-9-5-4-6-15(17)14-21-10-12-22(13-11-21)18(23)20-16-7-2-1-3-8-16/h4-6,9,16H,1-3,7-8,10-14H2,(H,20,23). The SMILES string of the molecule is O=C(NC1CCCCC1)N1CCN(Cc2ccccc2F)CC1. The van der Waals surface area contributed by atoms with Crippen LogP contribution in [0.25, 0.3) is 0 Å². The second kappa shape index (κ2) is 7.77. The maximum Gasteiger partial charge on any atom is 0.317 e. The summed E-state index contributed by atoms with van der Waals surface area (Å²) in [5.74, 6) is -0.148. The molecule has 0 radical (unpaired) electrons. The second-order valence-corrected chi connectivity index (χ2v) is 6.64. The molecule has 1 aliphatic heterocycles. The van der Waals surface area contributed by atoms with Gasteiger partial charge in [0.25, 0.3) is 0 Å². The normalized spacial score (nSPS) is 20.5. The summed E-state index contributed by atoms with van der Waals surface area (Å²) in [6.45, 7) is 3.64. The molecule has 0 unspecified atom stereocenters. The largest absolute Gasteiger partial charge is 0.335 e. The van der Waals surface area contributed by atoms with Crippen LogP contribution in [-0.2, 0) is 6.54 Å². The van der Waals surface area contributed by atoms with Crippen molar-refractivity contribution in [2.24, 2.45) is 0 Å². The Kier molecular flexibility index (Phi) is 5.49. The van der Waals surface area contributed by atoms with E-state index < -0.39 is 0 Å². The van der Waals surface area contributed by atoms with Crippen LogP contribution in [0.4, 0.5) is 9.18 Å². The number of nitrogens with one attached hydrogen (secondary N) is 1. The summed E-state index contributed by atoms with van der Waals surface area (Å²) in [7, 11) is 0. The van der Waals surface area contributed by atoms with Crippen LogP contribution >= 0.6 is 0 Å². The molecule has 1 N–H and O–H groups in total. The lowest BCUT2D eigenvalue weighted by Crippen LogP contribution is -2.53. The first kappa shape index (κ1) is 16.2. The van der Waals surface area contributed by atoms with E-state index in [1.165, 1.54) is 25.3 Å². The van der Waals surface area contributed by atoms with Crippen molar-refractivity contribution in [3.63, 3.8) is 0 Å². The summed E-state index contributed by atoms with van der Waals surface area (Å²) >= 11 is 0. The molecule has 0 aromatic heterocycles. The van der Waals surface area contributed by atoms with Gasteiger partial charge in [0.2, 0.25) is 0 Å². The number of hydrogen-bond donors (Lipinski definition) is 1. The van der Waals surface area contributed by atoms with E-state index in [2.05, 4.69) is 10.2 Å². The minimum Gasteiger partial charge on any atom is -0.335 e. The molecule has 4 nitrogen and oxygen atoms in total. The van der Waals surface area contributed by atoms with Crippen LogP contribution in [-0.4, -0.2) is 48.1 Å². The molecule has 0 bridgehead atoms. The third-order valence-corrected chi connectivity index (χ3v) is 4.94. The third kappa shape index (κ3) is 4.44. The molecule has 23 heavy (non-hydrogen) atoms. The van der Waals surface area contributed by atoms with Crippen molar-refractivity contribution in [1.82, 2.24) is 15.1 Å². The van der Waals surface area contributed by atoms with Gasteiger partial charge in [-0.2, -0.15) is 0 Å². The number of urea groups is 1. The van der Waals surface area contributed by atoms with Gasteiger partial charge in [-0.15, -0.1) is 0 Å². The Bertz CT molecular complexity index is 523. The van der Waals surface area contributed by atoms with E-state index in [9.17, 15) is 9.18 Å². The smallest absolute Gasteiger partial charge is 0.317 e. The van der Waals surface area contributed by atoms with Gasteiger partial charge in [-0.25, -0.2) is 9.18 Å². The van der Waals surface area contributed by atoms with Crippen LogP contribution in [0.2, 0.25) is 0 Å². The Morgan fingerprint density at radius 3 is 2.48 bits per heavy atom. The topological polar surface area (TPSA) is 35.6 Å². The highest BCUT2D eigenvalue weighted by Gasteiger charge is 2.24. The van der Waals surface area contributed by atoms with Crippen LogP contribution in [0.5, 0.6) is 0 Å². The van der Waals surface area contributed by atoms with Crippen molar-refractivity contribution in [3.05, 3.63) is 35.6 Å². The Labute approximate surface area is 137 Å². The van der Waals surface area contributed by atoms with E-state index in [-0.39, 0.29) is 11.8 Å². The number of hydrogen-bond acceptors (Lipinski definition) is 2. The molecule has 1 aromatic carbocycles. The molecular formula is C18H26FN3O. The summed E-state index contributed by atoms with van der Waals surface area (Å²) < 4.78 is 13.7. The first-order valence-corrected chi connectivity index (χ1v) is 8.73. The van der Waals surface area contributed by atoms with Crippen LogP contribution in [0.15, 0.2) is 24.3 Å². The van der Waals surface area contributed by atoms with Crippen LogP contribution in [0.1, 0.15) is 37.7 Å². The van der Waals surface area contributed by atoms with Gasteiger partial charge in [0.05, 0.1) is 0 Å². The molecule has 2 amide bonds. The molecule has 0 atom stereocenters. The van der Waals surface area contributed by atoms with Gasteiger partial charge < -0.3 is 10.2 Å². The highest BCUT2D eigenvalue weighted by Crippen LogP contribution is 2.18. The van der Waals surface area contributed by atoms with E-state index in [1.54, 1.807) is 6.07 Å². The summed E-state index contributed by atoms with van der Waals surface area (Å²) in [5, 5.41) is 3.17. The minimum absolute atomic E-state index is 0.0717. The molecule has 2 fully saturated rings. The molecule has 0 spiro atoms. The number of halogens is 1. The van der Waals surface area contributed by atoms with Crippen molar-refractivity contribution >= 4 is 6.03 Å². The highest BCUT2D eigenvalue weighted by atomic mass is 19.1. The van der Waals surface area contributed by atoms with Gasteiger partial charge in [0, 0.05) is 44.3 Å². The van der Waals surface area contributed by atoms with Gasteiger partial charge in [-0.1, -0.05) is 37.5 Å². The maximum absolute atomic E-state index is 13.7. The predicted octanol–water partition coefficient (Wildman–Crippen LogP) is 2.99. The van der Waals surface area contributed by atoms with Crippen molar-refractivity contribution < 1.29 is 9.18 Å². The number of nitrogens with zero attached hydrogens (tertiary/aromatic N) is 2. The van der Waals surface area contributed by atoms with E-state index in [0.717, 1.165) is 31.5 Å². The minimum atomic E-state index is -0.148. The van der Waals surface area contributed by atoms with Crippen LogP contribution in [0.3, 0.4) is 0 Å². The van der Waals surface area contributed by atoms with Gasteiger partial charge in [-0.3, -0.25) is 4.90 Å². The van der Waals surface area contributed by atoms with Crippen LogP contribution < -0.4 is 5.32 Å². The quantitative estimate of drug-likeness (QED) is 0.930. The van der Waals surface area contributed by atoms with E-state index in [1.807, 2.05) is 17.0 Å². The monoisotopic (exact) mass is 319 g/mol. The zero-order valence-corrected chi connectivity index (χ0v) is 13.6. The van der Waals surface area contributed by atoms with Crippen molar-refractivity contribution in [2.45, 2.75) is 44.7 Å². The molecule has 3 rings (SSSR count). The second-order valence-electron chi connectivity index (χ2n) is 6.64. The molecular weight excluding hydrogens is 293 g/mol. The number of amides is 2. The van der Waals surface area contributed by atoms with Gasteiger partial charge in [-0.05, 0) is 18.9 Å². The Morgan fingerprint density at radius 1 is 1.09 bits per heavy atom. The fourth-order valence-electron chi connectivity index (χ4n) is 3.49. The number of piperazine rings is 1. The first-order chi connectivity index (χ1) is 11.2. The van der Waals surface area contributed by atoms with E-state index in [0.29, 0.717) is 25.7 Å². The molecule has 1 heterocycles. The average Bonchev–Trinajstić information content (AvgIpc) is 2.58. The highest BCUT2D eigenvalue weighted by molar-refractivity contribution is 5.74. The summed E-state index contributed by atoms with van der Waals surface area (Å²) in [6.07, 6.45) is 5.96. The molecule has 1 saturated heterocycles. The van der Waals surface area contributed by atoms with E-state index >= 15 is 0 Å². The zero-order chi connectivity index (χ0) is 16.1. The lowest BCUT2D eigenvalue weighted by atomic mass is 9.96. The average molecular weight is 319 g/mol. The number of carbonyl (C=O) groups excluding carboxylic acids is 1. The zero-order valence-electron chi connectivity index (χ0n) is 13.6. The van der Waals surface area contributed by atoms with Crippen molar-refractivity contribution in [3.8, 4) is 0 Å². The summed E-state index contributed by atoms with van der Waals surface area (Å²) in [6, 6.07) is 7.34. The predicted molar refractivity (Wildman–Crippen MR) is 88.7 cm³/mol. The molecule has 1 aromatic rings. The number of benzene rings is 1. The Balaban J connectivity index is 1.44. The summed E-state index contributed by atoms with van der Waals surface area (Å²) in [4.78, 5) is 16.4. The van der Waals surface area contributed by atoms with Crippen molar-refractivity contribution in [2.75, 3.05) is 26.2 Å². The maximum atomic E-state index is 13.7. The van der Waals surface area contributed by atoms with Gasteiger partial charge >= 0.3 is 6.03 Å². The van der Waals surface area contributed by atoms with Crippen LogP contribution in [0, 0.1) is 5.82 Å². The fraction of sp³-hybridized carbons (Fsp3) is 0.611. The molecule has 126 valence electrons. The number of carbonyl (C=O) groups is 1. The molecule has 2 aliphatic rings. The Hall–Kier alpha value is -1.62. The number of rotatable bonds is 3. The lowest BCUT2D eigenvalue weighted by Gasteiger charge is -2.36. The van der Waals surface area contributed by atoms with Crippen molar-refractivity contribution in [1.29, 1.82) is 0 Å². The van der Waals surface area contributed by atoms with Gasteiger partial charge in [0.1, 0.15) is 5.82 Å². The third-order valence-electron chi connectivity index (χ3n) is 4.94. The fourth-order valence-corrected chi connectivity index (χ4v) is 3.49. The van der Waals surface area contributed by atoms with E-state index in [4.69, 9.17) is 0 Å². The summed E-state index contributed by atoms with van der Waals surface area (Å²) in [5.41, 5.74) is 0.729.